The minimum absolute atomic E-state index is 0.0238. The summed E-state index contributed by atoms with van der Waals surface area (Å²) in [5, 5.41) is 6.51. The van der Waals surface area contributed by atoms with Crippen molar-refractivity contribution < 1.29 is 4.79 Å². The molecule has 1 amide bonds. The van der Waals surface area contributed by atoms with E-state index in [0.717, 1.165) is 31.4 Å². The summed E-state index contributed by atoms with van der Waals surface area (Å²) in [6.07, 6.45) is 4.61. The summed E-state index contributed by atoms with van der Waals surface area (Å²) >= 11 is 0. The van der Waals surface area contributed by atoms with Crippen LogP contribution in [0.25, 0.3) is 0 Å². The smallest absolute Gasteiger partial charge is 0.248 e. The van der Waals surface area contributed by atoms with Crippen molar-refractivity contribution in [2.75, 3.05) is 6.54 Å². The SMILES string of the molecule is O=C1CCC(NC2CCCc3[nH]c(=O)ccc32)CN1. The number of fused-ring (bicyclic) bond motifs is 1. The normalized spacial score (nSPS) is 26.6. The van der Waals surface area contributed by atoms with Gasteiger partial charge in [-0.2, -0.15) is 0 Å². The molecule has 2 aliphatic rings. The Morgan fingerprint density at radius 1 is 1.16 bits per heavy atom. The number of aromatic nitrogens is 1. The van der Waals surface area contributed by atoms with Crippen LogP contribution < -0.4 is 16.2 Å². The molecule has 3 rings (SSSR count). The Morgan fingerprint density at radius 3 is 2.84 bits per heavy atom. The van der Waals surface area contributed by atoms with E-state index in [2.05, 4.69) is 15.6 Å². The third-order valence-corrected chi connectivity index (χ3v) is 4.03. The van der Waals surface area contributed by atoms with Gasteiger partial charge in [-0.3, -0.25) is 9.59 Å². The fraction of sp³-hybridized carbons (Fsp3) is 0.571. The highest BCUT2D eigenvalue weighted by Crippen LogP contribution is 2.28. The van der Waals surface area contributed by atoms with Crippen molar-refractivity contribution in [3.05, 3.63) is 33.7 Å². The third kappa shape index (κ3) is 2.71. The van der Waals surface area contributed by atoms with E-state index in [1.54, 1.807) is 6.07 Å². The molecule has 0 bridgehead atoms. The number of piperidine rings is 1. The van der Waals surface area contributed by atoms with Crippen LogP contribution in [-0.4, -0.2) is 23.5 Å². The van der Waals surface area contributed by atoms with Gasteiger partial charge in [-0.05, 0) is 31.2 Å². The number of rotatable bonds is 2. The predicted octanol–water partition coefficient (Wildman–Crippen LogP) is 0.620. The van der Waals surface area contributed by atoms with Crippen LogP contribution in [-0.2, 0) is 11.2 Å². The van der Waals surface area contributed by atoms with Gasteiger partial charge in [0.1, 0.15) is 0 Å². The molecule has 3 N–H and O–H groups in total. The molecule has 1 aromatic heterocycles. The Balaban J connectivity index is 1.73. The van der Waals surface area contributed by atoms with Gasteiger partial charge in [0, 0.05) is 36.8 Å². The number of amides is 1. The summed E-state index contributed by atoms with van der Waals surface area (Å²) in [6, 6.07) is 4.16. The van der Waals surface area contributed by atoms with Crippen LogP contribution in [0.1, 0.15) is 43.0 Å². The molecule has 1 aliphatic carbocycles. The second-order valence-corrected chi connectivity index (χ2v) is 5.41. The number of hydrogen-bond donors (Lipinski definition) is 3. The van der Waals surface area contributed by atoms with Gasteiger partial charge in [0.25, 0.3) is 0 Å². The number of aryl methyl sites for hydroxylation is 1. The largest absolute Gasteiger partial charge is 0.355 e. The highest BCUT2D eigenvalue weighted by Gasteiger charge is 2.25. The molecule has 1 saturated heterocycles. The summed E-state index contributed by atoms with van der Waals surface area (Å²) in [4.78, 5) is 25.4. The number of hydrogen-bond acceptors (Lipinski definition) is 3. The average Bonchev–Trinajstić information content (AvgIpc) is 2.41. The maximum atomic E-state index is 11.4. The summed E-state index contributed by atoms with van der Waals surface area (Å²) in [5.74, 6) is 0.145. The van der Waals surface area contributed by atoms with E-state index in [-0.39, 0.29) is 11.5 Å². The zero-order chi connectivity index (χ0) is 13.2. The van der Waals surface area contributed by atoms with Gasteiger partial charge >= 0.3 is 0 Å². The molecule has 2 atom stereocenters. The van der Waals surface area contributed by atoms with Gasteiger partial charge in [0.05, 0.1) is 0 Å². The standard InChI is InChI=1S/C14H19N3O2/c18-13-6-4-9(8-15-13)16-11-2-1-3-12-10(11)5-7-14(19)17-12/h5,7,9,11,16H,1-4,6,8H2,(H,15,18)(H,17,19). The van der Waals surface area contributed by atoms with Gasteiger partial charge in [-0.25, -0.2) is 0 Å². The Labute approximate surface area is 111 Å². The number of pyridine rings is 1. The van der Waals surface area contributed by atoms with Crippen molar-refractivity contribution in [1.82, 2.24) is 15.6 Å². The third-order valence-electron chi connectivity index (χ3n) is 4.03. The summed E-state index contributed by atoms with van der Waals surface area (Å²) in [7, 11) is 0. The second kappa shape index (κ2) is 5.17. The van der Waals surface area contributed by atoms with Crippen LogP contribution in [0.2, 0.25) is 0 Å². The first-order valence-electron chi connectivity index (χ1n) is 6.97. The van der Waals surface area contributed by atoms with Crippen molar-refractivity contribution in [1.29, 1.82) is 0 Å². The molecule has 0 saturated carbocycles. The molecule has 0 spiro atoms. The van der Waals surface area contributed by atoms with Crippen LogP contribution in [0, 0.1) is 0 Å². The molecule has 1 aromatic rings. The van der Waals surface area contributed by atoms with Crippen LogP contribution in [0.5, 0.6) is 0 Å². The maximum Gasteiger partial charge on any atom is 0.248 e. The molecule has 2 heterocycles. The van der Waals surface area contributed by atoms with Crippen molar-refractivity contribution in [2.24, 2.45) is 0 Å². The second-order valence-electron chi connectivity index (χ2n) is 5.41. The van der Waals surface area contributed by atoms with Gasteiger partial charge in [0.2, 0.25) is 11.5 Å². The average molecular weight is 261 g/mol. The van der Waals surface area contributed by atoms with Gasteiger partial charge in [0.15, 0.2) is 0 Å². The summed E-state index contributed by atoms with van der Waals surface area (Å²) in [6.45, 7) is 0.702. The van der Waals surface area contributed by atoms with Gasteiger partial charge in [-0.1, -0.05) is 6.07 Å². The molecule has 1 aliphatic heterocycles. The number of carbonyl (C=O) groups excluding carboxylic acids is 1. The first-order valence-corrected chi connectivity index (χ1v) is 6.97. The topological polar surface area (TPSA) is 74.0 Å². The Hall–Kier alpha value is -1.62. The monoisotopic (exact) mass is 261 g/mol. The summed E-state index contributed by atoms with van der Waals surface area (Å²) in [5.41, 5.74) is 2.25. The van der Waals surface area contributed by atoms with E-state index in [1.165, 1.54) is 5.56 Å². The molecular weight excluding hydrogens is 242 g/mol. The predicted molar refractivity (Wildman–Crippen MR) is 71.9 cm³/mol. The van der Waals surface area contributed by atoms with E-state index < -0.39 is 0 Å². The summed E-state index contributed by atoms with van der Waals surface area (Å²) < 4.78 is 0. The lowest BCUT2D eigenvalue weighted by atomic mass is 9.90. The minimum atomic E-state index is -0.0238. The van der Waals surface area contributed by atoms with Crippen molar-refractivity contribution in [2.45, 2.75) is 44.2 Å². The highest BCUT2D eigenvalue weighted by atomic mass is 16.1. The lowest BCUT2D eigenvalue weighted by Crippen LogP contribution is -2.47. The first kappa shape index (κ1) is 12.4. The van der Waals surface area contributed by atoms with E-state index in [9.17, 15) is 9.59 Å². The number of nitrogens with one attached hydrogen (secondary N) is 3. The molecule has 0 radical (unpaired) electrons. The minimum Gasteiger partial charge on any atom is -0.355 e. The molecule has 1 fully saturated rings. The molecular formula is C14H19N3O2. The molecule has 102 valence electrons. The van der Waals surface area contributed by atoms with E-state index in [4.69, 9.17) is 0 Å². The lowest BCUT2D eigenvalue weighted by molar-refractivity contribution is -0.122. The van der Waals surface area contributed by atoms with E-state index in [0.29, 0.717) is 25.0 Å². The van der Waals surface area contributed by atoms with Crippen LogP contribution in [0.4, 0.5) is 0 Å². The van der Waals surface area contributed by atoms with Crippen molar-refractivity contribution in [3.8, 4) is 0 Å². The Kier molecular flexibility index (Phi) is 3.38. The first-order chi connectivity index (χ1) is 9.22. The molecule has 5 nitrogen and oxygen atoms in total. The zero-order valence-electron chi connectivity index (χ0n) is 10.9. The van der Waals surface area contributed by atoms with Crippen LogP contribution in [0.3, 0.4) is 0 Å². The van der Waals surface area contributed by atoms with E-state index >= 15 is 0 Å². The van der Waals surface area contributed by atoms with Gasteiger partial charge < -0.3 is 15.6 Å². The fourth-order valence-electron chi connectivity index (χ4n) is 3.03. The van der Waals surface area contributed by atoms with Crippen LogP contribution in [0.15, 0.2) is 16.9 Å². The van der Waals surface area contributed by atoms with Crippen molar-refractivity contribution in [3.63, 3.8) is 0 Å². The zero-order valence-corrected chi connectivity index (χ0v) is 10.9. The number of H-pyrrole nitrogens is 1. The maximum absolute atomic E-state index is 11.4. The molecule has 0 aromatic carbocycles. The molecule has 19 heavy (non-hydrogen) atoms. The lowest BCUT2D eigenvalue weighted by Gasteiger charge is -2.32. The quantitative estimate of drug-likeness (QED) is 0.730. The Morgan fingerprint density at radius 2 is 2.05 bits per heavy atom. The molecule has 2 unspecified atom stereocenters. The number of carbonyl (C=O) groups is 1. The van der Waals surface area contributed by atoms with Gasteiger partial charge in [-0.15, -0.1) is 0 Å². The Bertz CT molecular complexity index is 528. The fourth-order valence-corrected chi connectivity index (χ4v) is 3.03. The van der Waals surface area contributed by atoms with Crippen molar-refractivity contribution >= 4 is 5.91 Å². The number of aromatic amines is 1. The van der Waals surface area contributed by atoms with Crippen LogP contribution >= 0.6 is 0 Å². The highest BCUT2D eigenvalue weighted by molar-refractivity contribution is 5.76. The van der Waals surface area contributed by atoms with E-state index in [1.807, 2.05) is 6.07 Å². The molecule has 5 heteroatoms.